The number of carbonyl (C=O) groups is 1. The van der Waals surface area contributed by atoms with Gasteiger partial charge in [-0.05, 0) is 59.3 Å². The Kier molecular flexibility index (Phi) is 5.82. The van der Waals surface area contributed by atoms with Crippen LogP contribution in [0, 0.1) is 11.8 Å². The molecule has 0 amide bonds. The summed E-state index contributed by atoms with van der Waals surface area (Å²) in [7, 11) is 0. The number of cyclic esters (lactones) is 1. The van der Waals surface area contributed by atoms with E-state index in [1.54, 1.807) is 0 Å². The van der Waals surface area contributed by atoms with E-state index in [1.165, 1.54) is 16.7 Å². The van der Waals surface area contributed by atoms with E-state index in [4.69, 9.17) is 4.74 Å². The van der Waals surface area contributed by atoms with Crippen molar-refractivity contribution in [3.05, 3.63) is 47.3 Å². The van der Waals surface area contributed by atoms with E-state index < -0.39 is 0 Å². The Morgan fingerprint density at radius 2 is 2.05 bits per heavy atom. The van der Waals surface area contributed by atoms with Crippen LogP contribution >= 0.6 is 0 Å². The van der Waals surface area contributed by atoms with Gasteiger partial charge in [0.2, 0.25) is 0 Å². The van der Waals surface area contributed by atoms with Crippen molar-refractivity contribution in [3.63, 3.8) is 0 Å². The number of esters is 1. The fraction of sp³-hybridized carbons (Fsp3) is 0.550. The van der Waals surface area contributed by atoms with Crippen molar-refractivity contribution >= 4 is 5.97 Å². The number of rotatable bonds is 6. The molecule has 2 atom stereocenters. The topological polar surface area (TPSA) is 26.3 Å². The Labute approximate surface area is 134 Å². The second-order valence-corrected chi connectivity index (χ2v) is 6.81. The van der Waals surface area contributed by atoms with E-state index in [2.05, 4.69) is 45.6 Å². The van der Waals surface area contributed by atoms with Crippen LogP contribution in [-0.4, -0.2) is 5.97 Å². The summed E-state index contributed by atoms with van der Waals surface area (Å²) < 4.78 is 5.18. The molecule has 120 valence electrons. The molecule has 0 spiro atoms. The maximum absolute atomic E-state index is 11.8. The van der Waals surface area contributed by atoms with Crippen LogP contribution in [0.4, 0.5) is 0 Å². The van der Waals surface area contributed by atoms with E-state index in [0.29, 0.717) is 5.76 Å². The molecule has 1 aliphatic carbocycles. The Bertz CT molecular complexity index is 530. The highest BCUT2D eigenvalue weighted by molar-refractivity contribution is 5.78. The molecule has 0 aromatic heterocycles. The Balaban J connectivity index is 1.78. The molecular weight excluding hydrogens is 272 g/mol. The first-order valence-electron chi connectivity index (χ1n) is 8.34. The highest BCUT2D eigenvalue weighted by Crippen LogP contribution is 2.41. The van der Waals surface area contributed by atoms with Crippen LogP contribution in [0.3, 0.4) is 0 Å². The van der Waals surface area contributed by atoms with E-state index in [1.807, 2.05) is 0 Å². The van der Waals surface area contributed by atoms with Crippen molar-refractivity contribution in [1.82, 2.24) is 0 Å². The van der Waals surface area contributed by atoms with Crippen molar-refractivity contribution < 1.29 is 9.53 Å². The molecule has 0 radical (unpaired) electrons. The first-order valence-corrected chi connectivity index (χ1v) is 8.34. The number of ether oxygens (including phenoxy) is 1. The summed E-state index contributed by atoms with van der Waals surface area (Å²) in [6.07, 6.45) is 13.1. The van der Waals surface area contributed by atoms with Gasteiger partial charge in [-0.15, -0.1) is 0 Å². The second-order valence-electron chi connectivity index (χ2n) is 6.81. The van der Waals surface area contributed by atoms with Gasteiger partial charge in [-0.2, -0.15) is 0 Å². The van der Waals surface area contributed by atoms with Crippen molar-refractivity contribution in [2.45, 2.75) is 59.3 Å². The van der Waals surface area contributed by atoms with Crippen molar-refractivity contribution in [2.75, 3.05) is 0 Å². The number of allylic oxidation sites excluding steroid dienone is 7. The molecule has 1 fully saturated rings. The molecule has 22 heavy (non-hydrogen) atoms. The lowest BCUT2D eigenvalue weighted by Gasteiger charge is -2.21. The number of fused-ring (bicyclic) bond motifs is 1. The Hall–Kier alpha value is -1.57. The third-order valence-corrected chi connectivity index (χ3v) is 4.63. The third-order valence-electron chi connectivity index (χ3n) is 4.63. The van der Waals surface area contributed by atoms with E-state index in [-0.39, 0.29) is 17.8 Å². The predicted octanol–water partition coefficient (Wildman–Crippen LogP) is 5.48. The molecule has 2 nitrogen and oxygen atoms in total. The van der Waals surface area contributed by atoms with Gasteiger partial charge < -0.3 is 4.74 Å². The molecule has 0 N–H and O–H groups in total. The van der Waals surface area contributed by atoms with Gasteiger partial charge >= 0.3 is 5.97 Å². The van der Waals surface area contributed by atoms with Crippen molar-refractivity contribution in [3.8, 4) is 0 Å². The fourth-order valence-corrected chi connectivity index (χ4v) is 3.25. The highest BCUT2D eigenvalue weighted by Gasteiger charge is 2.41. The SMILES string of the molecule is C=C1OC(=O)C2CC(CC/C=C(\C)CCC=C(C)C)=CCC12. The summed E-state index contributed by atoms with van der Waals surface area (Å²) in [6.45, 7) is 10.4. The van der Waals surface area contributed by atoms with Crippen LogP contribution in [0.25, 0.3) is 0 Å². The minimum atomic E-state index is -0.0750. The number of hydrogen-bond acceptors (Lipinski definition) is 2. The molecular formula is C20H28O2. The minimum absolute atomic E-state index is 0.0234. The first kappa shape index (κ1) is 16.8. The standard InChI is InChI=1S/C20H28O2/c1-14(2)7-5-8-15(3)9-6-10-17-11-12-18-16(4)22-20(21)19(18)13-17/h7,9,11,18-19H,4-6,8,10,12-13H2,1-3H3/b15-9+. The molecule has 1 heterocycles. The van der Waals surface area contributed by atoms with Crippen molar-refractivity contribution in [2.24, 2.45) is 11.8 Å². The maximum atomic E-state index is 11.8. The first-order chi connectivity index (χ1) is 10.5. The number of carbonyl (C=O) groups excluding carboxylic acids is 1. The summed E-state index contributed by atoms with van der Waals surface area (Å²) in [4.78, 5) is 11.8. The molecule has 2 unspecified atom stereocenters. The zero-order chi connectivity index (χ0) is 16.1. The zero-order valence-electron chi connectivity index (χ0n) is 14.2. The molecule has 0 aromatic carbocycles. The van der Waals surface area contributed by atoms with Crippen LogP contribution in [0.2, 0.25) is 0 Å². The van der Waals surface area contributed by atoms with Gasteiger partial charge in [0, 0.05) is 5.92 Å². The number of hydrogen-bond donors (Lipinski definition) is 0. The summed E-state index contributed by atoms with van der Waals surface area (Å²) in [5.41, 5.74) is 4.25. The average molecular weight is 300 g/mol. The minimum Gasteiger partial charge on any atom is -0.431 e. The van der Waals surface area contributed by atoms with Crippen LogP contribution in [0.15, 0.2) is 47.3 Å². The van der Waals surface area contributed by atoms with Gasteiger partial charge in [-0.1, -0.05) is 41.5 Å². The Morgan fingerprint density at radius 1 is 1.27 bits per heavy atom. The molecule has 1 saturated heterocycles. The summed E-state index contributed by atoms with van der Waals surface area (Å²) in [6, 6.07) is 0. The molecule has 0 saturated carbocycles. The normalized spacial score (nSPS) is 24.7. The van der Waals surface area contributed by atoms with Gasteiger partial charge in [-0.25, -0.2) is 0 Å². The van der Waals surface area contributed by atoms with Gasteiger partial charge in [-0.3, -0.25) is 4.79 Å². The van der Waals surface area contributed by atoms with Crippen LogP contribution in [-0.2, 0) is 9.53 Å². The Morgan fingerprint density at radius 3 is 2.77 bits per heavy atom. The van der Waals surface area contributed by atoms with Gasteiger partial charge in [0.25, 0.3) is 0 Å². The maximum Gasteiger partial charge on any atom is 0.315 e. The largest absolute Gasteiger partial charge is 0.431 e. The second kappa shape index (κ2) is 7.62. The monoisotopic (exact) mass is 300 g/mol. The lowest BCUT2D eigenvalue weighted by Crippen LogP contribution is -2.19. The van der Waals surface area contributed by atoms with Gasteiger partial charge in [0.05, 0.1) is 5.92 Å². The van der Waals surface area contributed by atoms with Crippen LogP contribution in [0.1, 0.15) is 59.3 Å². The van der Waals surface area contributed by atoms with Gasteiger partial charge in [0.1, 0.15) is 5.76 Å². The summed E-state index contributed by atoms with van der Waals surface area (Å²) >= 11 is 0. The molecule has 2 rings (SSSR count). The van der Waals surface area contributed by atoms with E-state index in [9.17, 15) is 4.79 Å². The lowest BCUT2D eigenvalue weighted by molar-refractivity contribution is -0.139. The van der Waals surface area contributed by atoms with E-state index >= 15 is 0 Å². The molecule has 1 aliphatic heterocycles. The molecule has 2 aliphatic rings. The summed E-state index contributed by atoms with van der Waals surface area (Å²) in [5, 5.41) is 0. The molecule has 0 aromatic rings. The van der Waals surface area contributed by atoms with Gasteiger partial charge in [0.15, 0.2) is 0 Å². The predicted molar refractivity (Wildman–Crippen MR) is 91.2 cm³/mol. The van der Waals surface area contributed by atoms with Crippen molar-refractivity contribution in [1.29, 1.82) is 0 Å². The van der Waals surface area contributed by atoms with Crippen LogP contribution in [0.5, 0.6) is 0 Å². The average Bonchev–Trinajstić information content (AvgIpc) is 2.73. The fourth-order valence-electron chi connectivity index (χ4n) is 3.25. The lowest BCUT2D eigenvalue weighted by atomic mass is 9.79. The van der Waals surface area contributed by atoms with E-state index in [0.717, 1.165) is 38.5 Å². The van der Waals surface area contributed by atoms with Crippen LogP contribution < -0.4 is 0 Å². The zero-order valence-corrected chi connectivity index (χ0v) is 14.2. The highest BCUT2D eigenvalue weighted by atomic mass is 16.5. The molecule has 2 heteroatoms. The quantitative estimate of drug-likeness (QED) is 0.479. The third kappa shape index (κ3) is 4.46. The smallest absolute Gasteiger partial charge is 0.315 e. The summed E-state index contributed by atoms with van der Waals surface area (Å²) in [5.74, 6) is 0.835. The molecule has 0 bridgehead atoms.